The maximum Gasteiger partial charge on any atom is 0.346 e. The van der Waals surface area contributed by atoms with Gasteiger partial charge in [-0.3, -0.25) is 0 Å². The fourth-order valence-corrected chi connectivity index (χ4v) is 1.21. The Morgan fingerprint density at radius 3 is 2.53 bits per heavy atom. The molecule has 0 bridgehead atoms. The molecule has 0 spiro atoms. The quantitative estimate of drug-likeness (QED) is 0.440. The number of carbonyl (C=O) groups excluding carboxylic acids is 1. The summed E-state index contributed by atoms with van der Waals surface area (Å²) in [5, 5.41) is 0. The van der Waals surface area contributed by atoms with Gasteiger partial charge in [0.1, 0.15) is 5.57 Å². The zero-order valence-corrected chi connectivity index (χ0v) is 9.99. The standard InChI is InChI=1S/C15H14O2/c1-4-5-6-14(15(16)17-3)11-13-9-7-12(2)8-10-13/h4,7-11H,1H2,2-3H3/b14-11+. The minimum Gasteiger partial charge on any atom is -0.465 e. The molecule has 0 aliphatic heterocycles. The molecule has 1 aromatic carbocycles. The predicted octanol–water partition coefficient (Wildman–Crippen LogP) is 2.74. The highest BCUT2D eigenvalue weighted by atomic mass is 16.5. The highest BCUT2D eigenvalue weighted by Gasteiger charge is 2.06. The summed E-state index contributed by atoms with van der Waals surface area (Å²) in [4.78, 5) is 11.5. The van der Waals surface area contributed by atoms with Crippen molar-refractivity contribution in [3.8, 4) is 11.8 Å². The average molecular weight is 226 g/mol. The van der Waals surface area contributed by atoms with Crippen LogP contribution in [0.4, 0.5) is 0 Å². The molecule has 0 saturated heterocycles. The molecule has 0 radical (unpaired) electrons. The van der Waals surface area contributed by atoms with Gasteiger partial charge in [0.05, 0.1) is 7.11 Å². The topological polar surface area (TPSA) is 26.3 Å². The molecule has 0 unspecified atom stereocenters. The molecular weight excluding hydrogens is 212 g/mol. The van der Waals surface area contributed by atoms with E-state index in [4.69, 9.17) is 0 Å². The van der Waals surface area contributed by atoms with Crippen LogP contribution in [0.5, 0.6) is 0 Å². The molecule has 17 heavy (non-hydrogen) atoms. The van der Waals surface area contributed by atoms with Crippen molar-refractivity contribution in [1.29, 1.82) is 0 Å². The lowest BCUT2D eigenvalue weighted by Gasteiger charge is -1.99. The summed E-state index contributed by atoms with van der Waals surface area (Å²) < 4.78 is 4.66. The third kappa shape index (κ3) is 4.00. The molecule has 2 nitrogen and oxygen atoms in total. The van der Waals surface area contributed by atoms with Gasteiger partial charge in [-0.2, -0.15) is 0 Å². The molecule has 0 aliphatic carbocycles. The van der Waals surface area contributed by atoms with E-state index in [0.717, 1.165) is 5.56 Å². The fourth-order valence-electron chi connectivity index (χ4n) is 1.21. The number of carbonyl (C=O) groups is 1. The van der Waals surface area contributed by atoms with Crippen molar-refractivity contribution in [2.75, 3.05) is 7.11 Å². The number of esters is 1. The third-order valence-corrected chi connectivity index (χ3v) is 2.10. The van der Waals surface area contributed by atoms with E-state index in [1.807, 2.05) is 31.2 Å². The molecule has 86 valence electrons. The van der Waals surface area contributed by atoms with Crippen LogP contribution in [0.3, 0.4) is 0 Å². The summed E-state index contributed by atoms with van der Waals surface area (Å²) in [7, 11) is 1.33. The summed E-state index contributed by atoms with van der Waals surface area (Å²) in [5.41, 5.74) is 2.39. The summed E-state index contributed by atoms with van der Waals surface area (Å²) in [6, 6.07) is 7.80. The van der Waals surface area contributed by atoms with Gasteiger partial charge in [0.15, 0.2) is 0 Å². The Morgan fingerprint density at radius 1 is 1.35 bits per heavy atom. The van der Waals surface area contributed by atoms with Gasteiger partial charge < -0.3 is 4.74 Å². The molecule has 0 aliphatic rings. The first-order chi connectivity index (χ1) is 8.17. The van der Waals surface area contributed by atoms with Crippen LogP contribution in [0.15, 0.2) is 42.5 Å². The van der Waals surface area contributed by atoms with Gasteiger partial charge in [-0.1, -0.05) is 48.2 Å². The third-order valence-electron chi connectivity index (χ3n) is 2.10. The highest BCUT2D eigenvalue weighted by molar-refractivity contribution is 5.98. The molecule has 0 amide bonds. The lowest BCUT2D eigenvalue weighted by atomic mass is 10.1. The van der Waals surface area contributed by atoms with Gasteiger partial charge in [-0.05, 0) is 24.6 Å². The summed E-state index contributed by atoms with van der Waals surface area (Å²) in [6.45, 7) is 5.49. The number of rotatable bonds is 2. The number of hydrogen-bond acceptors (Lipinski definition) is 2. The minimum absolute atomic E-state index is 0.316. The Bertz CT molecular complexity index is 496. The maximum absolute atomic E-state index is 11.5. The predicted molar refractivity (Wildman–Crippen MR) is 69.1 cm³/mol. The second-order valence-corrected chi connectivity index (χ2v) is 3.43. The van der Waals surface area contributed by atoms with Crippen molar-refractivity contribution in [2.45, 2.75) is 6.92 Å². The summed E-state index contributed by atoms with van der Waals surface area (Å²) in [5.74, 6) is 4.90. The smallest absolute Gasteiger partial charge is 0.346 e. The van der Waals surface area contributed by atoms with E-state index in [1.54, 1.807) is 6.08 Å². The van der Waals surface area contributed by atoms with Crippen molar-refractivity contribution >= 4 is 12.0 Å². The van der Waals surface area contributed by atoms with Gasteiger partial charge in [-0.15, -0.1) is 0 Å². The zero-order valence-electron chi connectivity index (χ0n) is 9.99. The van der Waals surface area contributed by atoms with Crippen LogP contribution in [0.25, 0.3) is 6.08 Å². The lowest BCUT2D eigenvalue weighted by molar-refractivity contribution is -0.135. The van der Waals surface area contributed by atoms with Gasteiger partial charge in [-0.25, -0.2) is 4.79 Å². The van der Waals surface area contributed by atoms with Crippen molar-refractivity contribution in [2.24, 2.45) is 0 Å². The number of hydrogen-bond donors (Lipinski definition) is 0. The van der Waals surface area contributed by atoms with Crippen LogP contribution in [0.2, 0.25) is 0 Å². The Morgan fingerprint density at radius 2 is 2.00 bits per heavy atom. The van der Waals surface area contributed by atoms with Crippen LogP contribution in [0, 0.1) is 18.8 Å². The average Bonchev–Trinajstić information content (AvgIpc) is 2.36. The molecule has 1 rings (SSSR count). The van der Waals surface area contributed by atoms with Crippen molar-refractivity contribution < 1.29 is 9.53 Å². The molecule has 2 heteroatoms. The fraction of sp³-hybridized carbons (Fsp3) is 0.133. The molecule has 0 N–H and O–H groups in total. The van der Waals surface area contributed by atoms with Crippen LogP contribution < -0.4 is 0 Å². The van der Waals surface area contributed by atoms with Crippen molar-refractivity contribution in [3.63, 3.8) is 0 Å². The Kier molecular flexibility index (Phi) is 4.77. The largest absolute Gasteiger partial charge is 0.465 e. The molecule has 0 saturated carbocycles. The van der Waals surface area contributed by atoms with Gasteiger partial charge in [0, 0.05) is 0 Å². The van der Waals surface area contributed by atoms with Crippen molar-refractivity contribution in [1.82, 2.24) is 0 Å². The van der Waals surface area contributed by atoms with Crippen LogP contribution in [0.1, 0.15) is 11.1 Å². The SMILES string of the molecule is C=CC#C/C(=C\c1ccc(C)cc1)C(=O)OC. The first kappa shape index (κ1) is 12.8. The summed E-state index contributed by atoms with van der Waals surface area (Å²) >= 11 is 0. The second kappa shape index (κ2) is 6.34. The molecule has 0 fully saturated rings. The van der Waals surface area contributed by atoms with E-state index < -0.39 is 5.97 Å². The Labute approximate surface area is 102 Å². The number of ether oxygens (including phenoxy) is 1. The minimum atomic E-state index is -0.445. The van der Waals surface area contributed by atoms with Gasteiger partial charge in [0.2, 0.25) is 0 Å². The van der Waals surface area contributed by atoms with E-state index in [9.17, 15) is 4.79 Å². The molecule has 0 heterocycles. The number of aryl methyl sites for hydroxylation is 1. The first-order valence-electron chi connectivity index (χ1n) is 5.16. The lowest BCUT2D eigenvalue weighted by Crippen LogP contribution is -2.02. The molecular formula is C15H14O2. The monoisotopic (exact) mass is 226 g/mol. The van der Waals surface area contributed by atoms with Gasteiger partial charge in [0.25, 0.3) is 0 Å². The zero-order chi connectivity index (χ0) is 12.7. The van der Waals surface area contributed by atoms with Gasteiger partial charge >= 0.3 is 5.97 Å². The summed E-state index contributed by atoms with van der Waals surface area (Å²) in [6.07, 6.45) is 3.13. The van der Waals surface area contributed by atoms with E-state index >= 15 is 0 Å². The van der Waals surface area contributed by atoms with E-state index in [-0.39, 0.29) is 0 Å². The molecule has 0 aromatic heterocycles. The van der Waals surface area contributed by atoms with E-state index in [0.29, 0.717) is 5.57 Å². The van der Waals surface area contributed by atoms with Crippen LogP contribution in [-0.2, 0) is 9.53 Å². The number of benzene rings is 1. The second-order valence-electron chi connectivity index (χ2n) is 3.43. The Balaban J connectivity index is 3.08. The van der Waals surface area contributed by atoms with E-state index in [2.05, 4.69) is 23.2 Å². The Hall–Kier alpha value is -2.27. The normalized spacial score (nSPS) is 10.1. The highest BCUT2D eigenvalue weighted by Crippen LogP contribution is 2.09. The maximum atomic E-state index is 11.5. The first-order valence-corrected chi connectivity index (χ1v) is 5.16. The van der Waals surface area contributed by atoms with Crippen molar-refractivity contribution in [3.05, 3.63) is 53.6 Å². The number of methoxy groups -OCH3 is 1. The van der Waals surface area contributed by atoms with Crippen LogP contribution in [-0.4, -0.2) is 13.1 Å². The molecule has 1 aromatic rings. The van der Waals surface area contributed by atoms with Crippen LogP contribution >= 0.6 is 0 Å². The van der Waals surface area contributed by atoms with E-state index in [1.165, 1.54) is 18.7 Å². The number of allylic oxidation sites excluding steroid dienone is 1. The molecule has 0 atom stereocenters.